The highest BCUT2D eigenvalue weighted by molar-refractivity contribution is 5.47. The van der Waals surface area contributed by atoms with E-state index in [1.807, 2.05) is 19.1 Å². The Morgan fingerprint density at radius 3 is 3.09 bits per heavy atom. The lowest BCUT2D eigenvalue weighted by atomic mass is 9.95. The normalized spacial score (nSPS) is 25.0. The van der Waals surface area contributed by atoms with E-state index in [0.717, 1.165) is 23.8 Å². The van der Waals surface area contributed by atoms with Crippen LogP contribution in [0.15, 0.2) is 36.4 Å². The first-order valence-corrected chi connectivity index (χ1v) is 8.28. The quantitative estimate of drug-likeness (QED) is 0.808. The van der Waals surface area contributed by atoms with Gasteiger partial charge in [0.1, 0.15) is 5.82 Å². The van der Waals surface area contributed by atoms with Gasteiger partial charge in [0, 0.05) is 12.0 Å². The highest BCUT2D eigenvalue weighted by Crippen LogP contribution is 2.61. The fraction of sp³-hybridized carbons (Fsp3) is 0.389. The van der Waals surface area contributed by atoms with Crippen LogP contribution in [0.2, 0.25) is 0 Å². The fourth-order valence-corrected chi connectivity index (χ4v) is 4.22. The summed E-state index contributed by atoms with van der Waals surface area (Å²) in [5.41, 5.74) is 4.36. The van der Waals surface area contributed by atoms with Gasteiger partial charge in [-0.05, 0) is 55.4 Å². The minimum Gasteiger partial charge on any atom is -0.368 e. The Balaban J connectivity index is 1.33. The zero-order chi connectivity index (χ0) is 15.4. The van der Waals surface area contributed by atoms with Crippen LogP contribution in [0, 0.1) is 12.8 Å². The summed E-state index contributed by atoms with van der Waals surface area (Å²) in [5, 5.41) is 16.2. The van der Waals surface area contributed by atoms with Gasteiger partial charge in [-0.3, -0.25) is 0 Å². The molecule has 1 aromatic carbocycles. The first-order chi connectivity index (χ1) is 11.3. The second-order valence-electron chi connectivity index (χ2n) is 6.83. The summed E-state index contributed by atoms with van der Waals surface area (Å²) in [6.07, 6.45) is 3.83. The lowest BCUT2D eigenvalue weighted by molar-refractivity contribution is 0.609. The minimum absolute atomic E-state index is 0.431. The number of aryl methyl sites for hydroxylation is 2. The zero-order valence-electron chi connectivity index (χ0n) is 13.2. The van der Waals surface area contributed by atoms with Crippen molar-refractivity contribution in [1.29, 1.82) is 0 Å². The molecular weight excluding hydrogens is 286 g/mol. The first kappa shape index (κ1) is 13.0. The number of fused-ring (bicyclic) bond motifs is 3. The summed E-state index contributed by atoms with van der Waals surface area (Å²) in [5.74, 6) is 2.43. The van der Waals surface area contributed by atoms with Crippen LogP contribution in [0.4, 0.5) is 5.82 Å². The van der Waals surface area contributed by atoms with Crippen molar-refractivity contribution in [1.82, 2.24) is 19.8 Å². The monoisotopic (exact) mass is 305 g/mol. The molecule has 0 amide bonds. The van der Waals surface area contributed by atoms with E-state index in [1.165, 1.54) is 19.3 Å². The Morgan fingerprint density at radius 1 is 1.22 bits per heavy atom. The number of hydrogen-bond donors (Lipinski definition) is 1. The predicted octanol–water partition coefficient (Wildman–Crippen LogP) is 2.75. The number of aromatic nitrogens is 4. The molecule has 1 fully saturated rings. The zero-order valence-corrected chi connectivity index (χ0v) is 13.2. The molecule has 0 bridgehead atoms. The number of hydrogen-bond acceptors (Lipinski definition) is 4. The molecule has 5 heteroatoms. The van der Waals surface area contributed by atoms with Crippen LogP contribution in [0.5, 0.6) is 0 Å². The van der Waals surface area contributed by atoms with Crippen LogP contribution in [0.25, 0.3) is 5.65 Å². The van der Waals surface area contributed by atoms with Crippen LogP contribution < -0.4 is 5.32 Å². The van der Waals surface area contributed by atoms with E-state index in [-0.39, 0.29) is 0 Å². The van der Waals surface area contributed by atoms with Gasteiger partial charge >= 0.3 is 0 Å². The Labute approximate surface area is 134 Å². The van der Waals surface area contributed by atoms with E-state index in [1.54, 1.807) is 15.6 Å². The number of nitrogens with zero attached hydrogens (tertiary/aromatic N) is 4. The van der Waals surface area contributed by atoms with Gasteiger partial charge in [-0.25, -0.2) is 0 Å². The van der Waals surface area contributed by atoms with Gasteiger partial charge in [0.2, 0.25) is 0 Å². The summed E-state index contributed by atoms with van der Waals surface area (Å²) >= 11 is 0. The average Bonchev–Trinajstić information content (AvgIpc) is 2.99. The van der Waals surface area contributed by atoms with Crippen molar-refractivity contribution in [2.75, 3.05) is 11.9 Å². The highest BCUT2D eigenvalue weighted by atomic mass is 15.4. The topological polar surface area (TPSA) is 55.1 Å². The van der Waals surface area contributed by atoms with Crippen LogP contribution in [-0.4, -0.2) is 26.4 Å². The van der Waals surface area contributed by atoms with Gasteiger partial charge in [-0.2, -0.15) is 4.52 Å². The summed E-state index contributed by atoms with van der Waals surface area (Å²) in [6.45, 7) is 2.90. The number of nitrogens with one attached hydrogen (secondary N) is 1. The van der Waals surface area contributed by atoms with Crippen LogP contribution in [0.3, 0.4) is 0 Å². The molecule has 2 aliphatic carbocycles. The molecule has 23 heavy (non-hydrogen) atoms. The van der Waals surface area contributed by atoms with E-state index < -0.39 is 0 Å². The molecule has 1 saturated carbocycles. The molecule has 3 aromatic rings. The van der Waals surface area contributed by atoms with Gasteiger partial charge in [-0.15, -0.1) is 15.3 Å². The number of anilines is 1. The van der Waals surface area contributed by atoms with Crippen molar-refractivity contribution in [2.45, 2.75) is 31.6 Å². The molecule has 2 aliphatic rings. The molecule has 2 atom stereocenters. The van der Waals surface area contributed by atoms with E-state index in [9.17, 15) is 0 Å². The average molecular weight is 305 g/mol. The number of benzene rings is 1. The van der Waals surface area contributed by atoms with E-state index in [2.05, 4.69) is 44.9 Å². The SMILES string of the molecule is Cc1nnc2ccc(NC[C@@H]3C[C@]34CCc3ccccc34)nn12. The first-order valence-electron chi connectivity index (χ1n) is 8.28. The number of rotatable bonds is 3. The van der Waals surface area contributed by atoms with E-state index in [4.69, 9.17) is 0 Å². The second-order valence-corrected chi connectivity index (χ2v) is 6.83. The van der Waals surface area contributed by atoms with Gasteiger partial charge < -0.3 is 5.32 Å². The molecule has 5 nitrogen and oxygen atoms in total. The Bertz CT molecular complexity index is 899. The van der Waals surface area contributed by atoms with Crippen molar-refractivity contribution in [2.24, 2.45) is 5.92 Å². The molecule has 0 saturated heterocycles. The summed E-state index contributed by atoms with van der Waals surface area (Å²) in [4.78, 5) is 0. The van der Waals surface area contributed by atoms with Crippen molar-refractivity contribution >= 4 is 11.5 Å². The smallest absolute Gasteiger partial charge is 0.178 e. The van der Waals surface area contributed by atoms with Crippen LogP contribution >= 0.6 is 0 Å². The van der Waals surface area contributed by atoms with Crippen molar-refractivity contribution in [3.05, 3.63) is 53.3 Å². The van der Waals surface area contributed by atoms with Crippen LogP contribution in [0.1, 0.15) is 29.8 Å². The molecule has 1 spiro atoms. The van der Waals surface area contributed by atoms with Gasteiger partial charge in [0.15, 0.2) is 11.5 Å². The molecule has 2 aromatic heterocycles. The maximum Gasteiger partial charge on any atom is 0.178 e. The minimum atomic E-state index is 0.431. The molecular formula is C18H19N5. The largest absolute Gasteiger partial charge is 0.368 e. The highest BCUT2D eigenvalue weighted by Gasteiger charge is 2.57. The third kappa shape index (κ3) is 1.89. The van der Waals surface area contributed by atoms with Crippen molar-refractivity contribution in [3.63, 3.8) is 0 Å². The van der Waals surface area contributed by atoms with Gasteiger partial charge in [0.25, 0.3) is 0 Å². The lowest BCUT2D eigenvalue weighted by Crippen LogP contribution is -2.14. The Hall–Kier alpha value is -2.43. The van der Waals surface area contributed by atoms with Crippen LogP contribution in [-0.2, 0) is 11.8 Å². The fourth-order valence-electron chi connectivity index (χ4n) is 4.22. The van der Waals surface area contributed by atoms with Gasteiger partial charge in [-0.1, -0.05) is 24.3 Å². The van der Waals surface area contributed by atoms with Crippen molar-refractivity contribution in [3.8, 4) is 0 Å². The standard InChI is InChI=1S/C18H19N5/c1-12-20-21-17-7-6-16(22-23(12)17)19-11-14-10-18(14)9-8-13-4-2-3-5-15(13)18/h2-7,14H,8-11H2,1H3,(H,19,22)/t14-,18+/m0/s1. The Kier molecular flexibility index (Phi) is 2.57. The molecule has 5 rings (SSSR count). The van der Waals surface area contributed by atoms with Gasteiger partial charge in [0.05, 0.1) is 0 Å². The summed E-state index contributed by atoms with van der Waals surface area (Å²) < 4.78 is 1.79. The molecule has 116 valence electrons. The molecule has 0 unspecified atom stereocenters. The molecule has 1 N–H and O–H groups in total. The lowest BCUT2D eigenvalue weighted by Gasteiger charge is -2.12. The second kappa shape index (κ2) is 4.54. The molecule has 0 aliphatic heterocycles. The molecule has 0 radical (unpaired) electrons. The maximum absolute atomic E-state index is 4.57. The Morgan fingerprint density at radius 2 is 2.13 bits per heavy atom. The summed E-state index contributed by atoms with van der Waals surface area (Å²) in [7, 11) is 0. The van der Waals surface area contributed by atoms with E-state index in [0.29, 0.717) is 11.3 Å². The van der Waals surface area contributed by atoms with Crippen molar-refractivity contribution < 1.29 is 0 Å². The third-order valence-corrected chi connectivity index (χ3v) is 5.57. The summed E-state index contributed by atoms with van der Waals surface area (Å²) in [6, 6.07) is 12.9. The molecule has 2 heterocycles. The predicted molar refractivity (Wildman–Crippen MR) is 88.6 cm³/mol. The third-order valence-electron chi connectivity index (χ3n) is 5.57. The maximum atomic E-state index is 4.57. The van der Waals surface area contributed by atoms with E-state index >= 15 is 0 Å².